The number of halogens is 1. The Balaban J connectivity index is 2.69. The number of primary sulfonamides is 1. The van der Waals surface area contributed by atoms with Crippen LogP contribution in [0.5, 0.6) is 0 Å². The summed E-state index contributed by atoms with van der Waals surface area (Å²) in [7, 11) is -3.73. The number of rotatable bonds is 3. The highest BCUT2D eigenvalue weighted by molar-refractivity contribution is 9.10. The predicted molar refractivity (Wildman–Crippen MR) is 89.3 cm³/mol. The van der Waals surface area contributed by atoms with E-state index >= 15 is 0 Å². The molecule has 0 aliphatic rings. The van der Waals surface area contributed by atoms with Gasteiger partial charge in [0.15, 0.2) is 0 Å². The minimum Gasteiger partial charge on any atom is -0.225 e. The number of hydrogen-bond acceptors (Lipinski definition) is 2. The molecule has 0 aliphatic heterocycles. The van der Waals surface area contributed by atoms with Crippen molar-refractivity contribution in [3.63, 3.8) is 0 Å². The lowest BCUT2D eigenvalue weighted by Gasteiger charge is -2.23. The maximum atomic E-state index is 11.6. The second-order valence-electron chi connectivity index (χ2n) is 5.64. The first-order chi connectivity index (χ1) is 9.59. The third kappa shape index (κ3) is 3.73. The zero-order valence-electron chi connectivity index (χ0n) is 11.9. The second kappa shape index (κ2) is 5.55. The molecule has 0 saturated carbocycles. The molecule has 21 heavy (non-hydrogen) atoms. The summed E-state index contributed by atoms with van der Waals surface area (Å²) < 4.78 is 24.1. The Morgan fingerprint density at radius 3 is 2.14 bits per heavy atom. The summed E-state index contributed by atoms with van der Waals surface area (Å²) in [4.78, 5) is 0.107. The average molecular weight is 367 g/mol. The highest BCUT2D eigenvalue weighted by Crippen LogP contribution is 2.34. The Hall–Kier alpha value is -1.17. The summed E-state index contributed by atoms with van der Waals surface area (Å²) in [5.41, 5.74) is 2.36. The van der Waals surface area contributed by atoms with Gasteiger partial charge in [0.1, 0.15) is 0 Å². The molecule has 0 amide bonds. The van der Waals surface area contributed by atoms with Gasteiger partial charge in [0.2, 0.25) is 10.0 Å². The maximum absolute atomic E-state index is 11.6. The van der Waals surface area contributed by atoms with Crippen LogP contribution in [-0.2, 0) is 15.4 Å². The fourth-order valence-corrected chi connectivity index (χ4v) is 2.95. The molecule has 2 aromatic rings. The summed E-state index contributed by atoms with van der Waals surface area (Å²) >= 11 is 3.41. The molecule has 0 unspecified atom stereocenters. The van der Waals surface area contributed by atoms with Crippen molar-refractivity contribution in [1.82, 2.24) is 0 Å². The van der Waals surface area contributed by atoms with Crippen LogP contribution >= 0.6 is 15.9 Å². The highest BCUT2D eigenvalue weighted by atomic mass is 79.9. The first-order valence-corrected chi connectivity index (χ1v) is 8.71. The molecule has 2 aromatic carbocycles. The lowest BCUT2D eigenvalue weighted by molar-refractivity contribution is 0.597. The highest BCUT2D eigenvalue weighted by Gasteiger charge is 2.21. The van der Waals surface area contributed by atoms with Gasteiger partial charge in [-0.2, -0.15) is 0 Å². The Morgan fingerprint density at radius 1 is 1.10 bits per heavy atom. The van der Waals surface area contributed by atoms with Gasteiger partial charge in [-0.15, -0.1) is 0 Å². The SMILES string of the molecule is [CH2]C(C)(C)c1cc(S(N)(=O)=O)ccc1-c1ccc(Br)cc1. The van der Waals surface area contributed by atoms with Crippen LogP contribution in [0, 0.1) is 6.92 Å². The first-order valence-electron chi connectivity index (χ1n) is 6.38. The lowest BCUT2D eigenvalue weighted by atomic mass is 9.82. The van der Waals surface area contributed by atoms with Crippen LogP contribution in [0.4, 0.5) is 0 Å². The van der Waals surface area contributed by atoms with E-state index in [0.717, 1.165) is 21.2 Å². The molecule has 0 atom stereocenters. The normalized spacial score (nSPS) is 12.4. The molecular weight excluding hydrogens is 350 g/mol. The smallest absolute Gasteiger partial charge is 0.225 e. The molecule has 0 spiro atoms. The Labute approximate surface area is 134 Å². The summed E-state index contributed by atoms with van der Waals surface area (Å²) in [6.07, 6.45) is 0. The van der Waals surface area contributed by atoms with Crippen LogP contribution in [0.3, 0.4) is 0 Å². The van der Waals surface area contributed by atoms with Crippen molar-refractivity contribution in [2.45, 2.75) is 24.2 Å². The summed E-state index contributed by atoms with van der Waals surface area (Å²) in [6, 6.07) is 12.8. The second-order valence-corrected chi connectivity index (χ2v) is 8.12. The number of nitrogens with two attached hydrogens (primary N) is 1. The van der Waals surface area contributed by atoms with E-state index in [2.05, 4.69) is 22.9 Å². The zero-order chi connectivity index (χ0) is 15.8. The van der Waals surface area contributed by atoms with Gasteiger partial charge in [-0.25, -0.2) is 13.6 Å². The van der Waals surface area contributed by atoms with Gasteiger partial charge in [0, 0.05) is 4.47 Å². The van der Waals surface area contributed by atoms with Crippen molar-refractivity contribution in [3.8, 4) is 11.1 Å². The molecule has 0 fully saturated rings. The fourth-order valence-electron chi connectivity index (χ4n) is 2.14. The van der Waals surface area contributed by atoms with Gasteiger partial charge in [-0.1, -0.05) is 48.0 Å². The van der Waals surface area contributed by atoms with E-state index in [9.17, 15) is 8.42 Å². The fraction of sp³-hybridized carbons (Fsp3) is 0.188. The van der Waals surface area contributed by atoms with Crippen molar-refractivity contribution in [1.29, 1.82) is 0 Å². The predicted octanol–water partition coefficient (Wildman–Crippen LogP) is 3.88. The minimum atomic E-state index is -3.73. The van der Waals surface area contributed by atoms with E-state index in [1.807, 2.05) is 38.1 Å². The molecule has 1 radical (unpaired) electrons. The van der Waals surface area contributed by atoms with E-state index in [-0.39, 0.29) is 4.90 Å². The molecule has 5 heteroatoms. The zero-order valence-corrected chi connectivity index (χ0v) is 14.3. The minimum absolute atomic E-state index is 0.107. The van der Waals surface area contributed by atoms with E-state index in [1.54, 1.807) is 12.1 Å². The number of sulfonamides is 1. The Bertz CT molecular complexity index is 760. The number of benzene rings is 2. The van der Waals surface area contributed by atoms with E-state index < -0.39 is 15.4 Å². The summed E-state index contributed by atoms with van der Waals surface area (Å²) in [6.45, 7) is 8.01. The Morgan fingerprint density at radius 2 is 1.67 bits per heavy atom. The van der Waals surface area contributed by atoms with Crippen molar-refractivity contribution in [3.05, 3.63) is 59.4 Å². The van der Waals surface area contributed by atoms with E-state index in [1.165, 1.54) is 6.07 Å². The van der Waals surface area contributed by atoms with Gasteiger partial charge < -0.3 is 0 Å². The van der Waals surface area contributed by atoms with Gasteiger partial charge >= 0.3 is 0 Å². The molecule has 3 nitrogen and oxygen atoms in total. The van der Waals surface area contributed by atoms with Crippen LogP contribution in [-0.4, -0.2) is 8.42 Å². The third-order valence-electron chi connectivity index (χ3n) is 3.20. The molecule has 2 rings (SSSR count). The van der Waals surface area contributed by atoms with Gasteiger partial charge in [-0.05, 0) is 53.3 Å². The van der Waals surface area contributed by atoms with Crippen molar-refractivity contribution >= 4 is 26.0 Å². The molecule has 0 bridgehead atoms. The van der Waals surface area contributed by atoms with Crippen molar-refractivity contribution < 1.29 is 8.42 Å². The maximum Gasteiger partial charge on any atom is 0.238 e. The lowest BCUT2D eigenvalue weighted by Crippen LogP contribution is -2.17. The standard InChI is InChI=1S/C16H17BrNO2S/c1-16(2,3)15-10-13(21(18,19)20)8-9-14(15)11-4-6-12(17)7-5-11/h4-10H,1H2,2-3H3,(H2,18,19,20). The van der Waals surface area contributed by atoms with Crippen LogP contribution in [0.15, 0.2) is 51.8 Å². The third-order valence-corrected chi connectivity index (χ3v) is 4.64. The first kappa shape index (κ1) is 16.2. The quantitative estimate of drug-likeness (QED) is 0.895. The topological polar surface area (TPSA) is 60.2 Å². The largest absolute Gasteiger partial charge is 0.238 e. The van der Waals surface area contributed by atoms with Gasteiger partial charge in [-0.3, -0.25) is 0 Å². The van der Waals surface area contributed by atoms with E-state index in [0.29, 0.717) is 0 Å². The van der Waals surface area contributed by atoms with Crippen LogP contribution in [0.1, 0.15) is 19.4 Å². The molecule has 111 valence electrons. The van der Waals surface area contributed by atoms with Crippen LogP contribution < -0.4 is 5.14 Å². The number of hydrogen-bond donors (Lipinski definition) is 1. The molecule has 0 saturated heterocycles. The molecule has 2 N–H and O–H groups in total. The van der Waals surface area contributed by atoms with Gasteiger partial charge in [0.25, 0.3) is 0 Å². The Kier molecular flexibility index (Phi) is 4.29. The van der Waals surface area contributed by atoms with Crippen molar-refractivity contribution in [2.75, 3.05) is 0 Å². The van der Waals surface area contributed by atoms with E-state index in [4.69, 9.17) is 5.14 Å². The van der Waals surface area contributed by atoms with Crippen LogP contribution in [0.2, 0.25) is 0 Å². The van der Waals surface area contributed by atoms with Crippen molar-refractivity contribution in [2.24, 2.45) is 5.14 Å². The molecular formula is C16H17BrNO2S. The van der Waals surface area contributed by atoms with Gasteiger partial charge in [0.05, 0.1) is 4.90 Å². The summed E-state index contributed by atoms with van der Waals surface area (Å²) in [5, 5.41) is 5.22. The molecule has 0 aromatic heterocycles. The summed E-state index contributed by atoms with van der Waals surface area (Å²) in [5.74, 6) is 0. The van der Waals surface area contributed by atoms with Crippen LogP contribution in [0.25, 0.3) is 11.1 Å². The average Bonchev–Trinajstić information content (AvgIpc) is 2.37. The molecule has 0 aliphatic carbocycles. The monoisotopic (exact) mass is 366 g/mol. The molecule has 0 heterocycles.